The van der Waals surface area contributed by atoms with E-state index in [1.807, 2.05) is 78.9 Å². The second-order valence-electron chi connectivity index (χ2n) is 17.6. The summed E-state index contributed by atoms with van der Waals surface area (Å²) in [6.45, 7) is 6.01. The highest BCUT2D eigenvalue weighted by atomic mass is 32.1. The van der Waals surface area contributed by atoms with E-state index in [9.17, 15) is 24.0 Å². The molecular formula is C50H66N8O6S. The average molecular weight is 907 g/mol. The van der Waals surface area contributed by atoms with E-state index in [2.05, 4.69) is 31.5 Å². The Hall–Kier alpha value is -5.38. The highest BCUT2D eigenvalue weighted by Crippen LogP contribution is 2.33. The fourth-order valence-corrected chi connectivity index (χ4v) is 10.5. The molecule has 1 saturated carbocycles. The monoisotopic (exact) mass is 906 g/mol. The number of carbonyl (C=O) groups excluding carboxylic acids is 5. The number of amides is 5. The number of likely N-dealkylation sites (tertiary alicyclic amines) is 1. The van der Waals surface area contributed by atoms with Crippen molar-refractivity contribution >= 4 is 56.2 Å². The van der Waals surface area contributed by atoms with E-state index in [0.29, 0.717) is 51.3 Å². The molecule has 1 aliphatic carbocycles. The van der Waals surface area contributed by atoms with Crippen molar-refractivity contribution in [3.8, 4) is 0 Å². The molecule has 1 aromatic heterocycles. The van der Waals surface area contributed by atoms with Gasteiger partial charge in [0.05, 0.1) is 35.0 Å². The number of fused-ring (bicyclic) bond motifs is 1. The van der Waals surface area contributed by atoms with Crippen molar-refractivity contribution in [2.45, 2.75) is 108 Å². The SMILES string of the molecule is CNC(C)C(=O)NC(C(=O)N1CCCC1C(=O)NC(C(=O)NCCCCCCNC(=O)c1cccc2sc(N3CCOCC3)nc12)C(c1ccccc1)c1ccccc1)C1CCCCC1. The van der Waals surface area contributed by atoms with Gasteiger partial charge in [-0.3, -0.25) is 24.0 Å². The van der Waals surface area contributed by atoms with Gasteiger partial charge in [-0.2, -0.15) is 0 Å². The lowest BCUT2D eigenvalue weighted by Gasteiger charge is -2.36. The molecule has 2 saturated heterocycles. The van der Waals surface area contributed by atoms with Gasteiger partial charge in [0.15, 0.2) is 5.13 Å². The summed E-state index contributed by atoms with van der Waals surface area (Å²) >= 11 is 1.60. The Bertz CT molecular complexity index is 2160. The Labute approximate surface area is 387 Å². The first kappa shape index (κ1) is 47.6. The predicted octanol–water partition coefficient (Wildman–Crippen LogP) is 5.52. The van der Waals surface area contributed by atoms with Crippen molar-refractivity contribution in [2.75, 3.05) is 57.9 Å². The number of rotatable bonds is 20. The minimum atomic E-state index is -0.975. The van der Waals surface area contributed by atoms with Crippen LogP contribution in [0.5, 0.6) is 0 Å². The number of anilines is 1. The number of carbonyl (C=O) groups is 5. The maximum Gasteiger partial charge on any atom is 0.253 e. The molecule has 0 radical (unpaired) electrons. The molecule has 0 spiro atoms. The van der Waals surface area contributed by atoms with Gasteiger partial charge in [-0.15, -0.1) is 0 Å². The topological polar surface area (TPSA) is 174 Å². The molecule has 3 heterocycles. The summed E-state index contributed by atoms with van der Waals surface area (Å²) in [4.78, 5) is 78.5. The van der Waals surface area contributed by atoms with Crippen LogP contribution in [-0.4, -0.2) is 117 Å². The molecule has 348 valence electrons. The second-order valence-corrected chi connectivity index (χ2v) is 18.6. The smallest absolute Gasteiger partial charge is 0.253 e. The molecule has 7 rings (SSSR count). The van der Waals surface area contributed by atoms with E-state index in [4.69, 9.17) is 9.72 Å². The van der Waals surface area contributed by atoms with Gasteiger partial charge in [-0.25, -0.2) is 4.98 Å². The molecule has 2 aliphatic heterocycles. The van der Waals surface area contributed by atoms with Gasteiger partial charge in [-0.1, -0.05) is 110 Å². The van der Waals surface area contributed by atoms with Crippen LogP contribution in [0.4, 0.5) is 5.13 Å². The largest absolute Gasteiger partial charge is 0.378 e. The van der Waals surface area contributed by atoms with E-state index in [-0.39, 0.29) is 35.5 Å². The van der Waals surface area contributed by atoms with Crippen LogP contribution >= 0.6 is 11.3 Å². The van der Waals surface area contributed by atoms with E-state index >= 15 is 0 Å². The number of benzene rings is 3. The van der Waals surface area contributed by atoms with Crippen molar-refractivity contribution in [3.05, 3.63) is 95.6 Å². The van der Waals surface area contributed by atoms with Crippen LogP contribution < -0.4 is 31.5 Å². The summed E-state index contributed by atoms with van der Waals surface area (Å²) in [6, 6.07) is 22.2. The normalized spacial score (nSPS) is 18.2. The Balaban J connectivity index is 0.971. The number of ether oxygens (including phenoxy) is 1. The van der Waals surface area contributed by atoms with Gasteiger partial charge in [0.25, 0.3) is 5.91 Å². The van der Waals surface area contributed by atoms with Gasteiger partial charge >= 0.3 is 0 Å². The van der Waals surface area contributed by atoms with Crippen LogP contribution in [0.25, 0.3) is 10.2 Å². The molecule has 15 heteroatoms. The number of para-hydroxylation sites is 1. The van der Waals surface area contributed by atoms with Crippen LogP contribution in [0.3, 0.4) is 0 Å². The van der Waals surface area contributed by atoms with E-state index in [1.54, 1.807) is 30.2 Å². The number of morpholine rings is 1. The van der Waals surface area contributed by atoms with Gasteiger partial charge in [-0.05, 0) is 81.7 Å². The minimum Gasteiger partial charge on any atom is -0.378 e. The van der Waals surface area contributed by atoms with Crippen molar-refractivity contribution in [1.82, 2.24) is 36.5 Å². The third kappa shape index (κ3) is 12.3. The van der Waals surface area contributed by atoms with Crippen LogP contribution in [0.2, 0.25) is 0 Å². The summed E-state index contributed by atoms with van der Waals surface area (Å²) in [5.74, 6) is -1.81. The van der Waals surface area contributed by atoms with E-state index < -0.39 is 30.1 Å². The molecule has 5 amide bonds. The number of hydrogen-bond acceptors (Lipinski definition) is 10. The van der Waals surface area contributed by atoms with Crippen LogP contribution in [-0.2, 0) is 23.9 Å². The van der Waals surface area contributed by atoms with Crippen LogP contribution in [0.1, 0.15) is 105 Å². The van der Waals surface area contributed by atoms with Crippen molar-refractivity contribution in [3.63, 3.8) is 0 Å². The number of nitrogens with zero attached hydrogens (tertiary/aromatic N) is 3. The highest BCUT2D eigenvalue weighted by Gasteiger charge is 2.43. The number of unbranched alkanes of at least 4 members (excludes halogenated alkanes) is 3. The fraction of sp³-hybridized carbons (Fsp3) is 0.520. The summed E-state index contributed by atoms with van der Waals surface area (Å²) in [5.41, 5.74) is 3.05. The molecule has 4 aromatic rings. The van der Waals surface area contributed by atoms with E-state index in [0.717, 1.165) is 97.4 Å². The van der Waals surface area contributed by atoms with Crippen LogP contribution in [0.15, 0.2) is 78.9 Å². The van der Waals surface area contributed by atoms with Gasteiger partial charge in [0.2, 0.25) is 23.6 Å². The molecule has 65 heavy (non-hydrogen) atoms. The zero-order valence-corrected chi connectivity index (χ0v) is 38.7. The highest BCUT2D eigenvalue weighted by molar-refractivity contribution is 7.22. The lowest BCUT2D eigenvalue weighted by Crippen LogP contribution is -2.59. The van der Waals surface area contributed by atoms with Crippen molar-refractivity contribution in [2.24, 2.45) is 5.92 Å². The summed E-state index contributed by atoms with van der Waals surface area (Å²) in [7, 11) is 1.71. The maximum absolute atomic E-state index is 14.5. The molecule has 5 N–H and O–H groups in total. The van der Waals surface area contributed by atoms with Crippen LogP contribution in [0, 0.1) is 5.92 Å². The van der Waals surface area contributed by atoms with Gasteiger partial charge in [0, 0.05) is 38.6 Å². The maximum atomic E-state index is 14.5. The molecule has 4 atom stereocenters. The first-order valence-electron chi connectivity index (χ1n) is 23.7. The predicted molar refractivity (Wildman–Crippen MR) is 255 cm³/mol. The molecule has 0 bridgehead atoms. The zero-order valence-electron chi connectivity index (χ0n) is 37.9. The van der Waals surface area contributed by atoms with Gasteiger partial charge in [0.1, 0.15) is 18.1 Å². The van der Waals surface area contributed by atoms with Crippen molar-refractivity contribution < 1.29 is 28.7 Å². The molecule has 4 unspecified atom stereocenters. The van der Waals surface area contributed by atoms with Gasteiger partial charge < -0.3 is 41.1 Å². The molecule has 3 fully saturated rings. The molecule has 3 aliphatic rings. The Morgan fingerprint density at radius 3 is 2.06 bits per heavy atom. The third-order valence-corrected chi connectivity index (χ3v) is 14.3. The summed E-state index contributed by atoms with van der Waals surface area (Å²) in [5, 5.41) is 16.3. The standard InChI is InChI=1S/C50H66N8O6S/c1-34(51-2)45(59)54-42(37-22-12-7-13-23-37)49(63)58-29-17-25-39(58)47(61)55-44(41(35-18-8-5-9-19-35)36-20-10-6-11-21-36)48(62)53-28-15-4-3-14-27-52-46(60)38-24-16-26-40-43(38)56-50(65-40)57-30-32-64-33-31-57/h5-6,8-11,16,18-21,24,26,34,37,39,41-42,44,51H,3-4,7,12-15,17,22-23,25,27-33H2,1-2H3,(H,52,60)(H,53,62)(H,54,59)(H,55,61). The lowest BCUT2D eigenvalue weighted by atomic mass is 9.83. The Morgan fingerprint density at radius 2 is 1.40 bits per heavy atom. The number of thiazole rings is 1. The molecule has 3 aromatic carbocycles. The lowest BCUT2D eigenvalue weighted by molar-refractivity contribution is -0.143. The Kier molecular flexibility index (Phi) is 17.3. The molecular weight excluding hydrogens is 841 g/mol. The second kappa shape index (κ2) is 23.7. The Morgan fingerprint density at radius 1 is 0.738 bits per heavy atom. The molecule has 14 nitrogen and oxygen atoms in total. The summed E-state index contributed by atoms with van der Waals surface area (Å²) < 4.78 is 6.48. The number of hydrogen-bond donors (Lipinski definition) is 5. The minimum absolute atomic E-state index is 0.00886. The number of aromatic nitrogens is 1. The summed E-state index contributed by atoms with van der Waals surface area (Å²) in [6.07, 6.45) is 9.06. The number of nitrogens with one attached hydrogen (secondary N) is 5. The van der Waals surface area contributed by atoms with E-state index in [1.165, 1.54) is 0 Å². The first-order valence-corrected chi connectivity index (χ1v) is 24.5. The fourth-order valence-electron chi connectivity index (χ4n) is 9.42. The zero-order chi connectivity index (χ0) is 45.5. The quantitative estimate of drug-likeness (QED) is 0.0716. The first-order chi connectivity index (χ1) is 31.7. The average Bonchev–Trinajstić information content (AvgIpc) is 4.03. The van der Waals surface area contributed by atoms with Crippen molar-refractivity contribution in [1.29, 1.82) is 0 Å². The number of likely N-dealkylation sites (N-methyl/N-ethyl adjacent to an activating group) is 1. The third-order valence-electron chi connectivity index (χ3n) is 13.2.